The molecule has 0 bridgehead atoms. The Bertz CT molecular complexity index is 221. The molecule has 0 aromatic carbocycles. The molecule has 1 N–H and O–H groups in total. The highest BCUT2D eigenvalue weighted by molar-refractivity contribution is 5.17. The fourth-order valence-corrected chi connectivity index (χ4v) is 3.40. The third-order valence-corrected chi connectivity index (χ3v) is 4.79. The van der Waals surface area contributed by atoms with Gasteiger partial charge in [0.25, 0.3) is 0 Å². The van der Waals surface area contributed by atoms with Gasteiger partial charge in [0.2, 0.25) is 0 Å². The van der Waals surface area contributed by atoms with Crippen LogP contribution in [0.2, 0.25) is 0 Å². The van der Waals surface area contributed by atoms with Crippen LogP contribution in [0.3, 0.4) is 0 Å². The minimum atomic E-state index is 0.523. The van der Waals surface area contributed by atoms with Crippen molar-refractivity contribution in [2.75, 3.05) is 0 Å². The van der Waals surface area contributed by atoms with Crippen LogP contribution >= 0.6 is 0 Å². The van der Waals surface area contributed by atoms with Gasteiger partial charge in [-0.15, -0.1) is 0 Å². The molecule has 13 heavy (non-hydrogen) atoms. The van der Waals surface area contributed by atoms with Gasteiger partial charge in [-0.2, -0.15) is 0 Å². The molecule has 1 heteroatoms. The average Bonchev–Trinajstić information content (AvgIpc) is 2.55. The van der Waals surface area contributed by atoms with Crippen molar-refractivity contribution in [1.29, 1.82) is 0 Å². The van der Waals surface area contributed by atoms with E-state index >= 15 is 0 Å². The van der Waals surface area contributed by atoms with Crippen LogP contribution in [0.1, 0.15) is 47.5 Å². The molecule has 4 atom stereocenters. The third kappa shape index (κ3) is 1.32. The smallest absolute Gasteiger partial charge is 0.0343 e. The average molecular weight is 181 g/mol. The fraction of sp³-hybridized carbons (Fsp3) is 1.00. The fourth-order valence-electron chi connectivity index (χ4n) is 3.40. The van der Waals surface area contributed by atoms with Crippen LogP contribution in [0.4, 0.5) is 0 Å². The lowest BCUT2D eigenvalue weighted by molar-refractivity contribution is 0.0714. The molecule has 1 aliphatic carbocycles. The maximum atomic E-state index is 3.65. The Hall–Kier alpha value is -0.0400. The normalized spacial score (nSPS) is 53.8. The minimum absolute atomic E-state index is 0.523. The summed E-state index contributed by atoms with van der Waals surface area (Å²) in [5.41, 5.74) is 1.05. The Labute approximate surface area is 82.3 Å². The lowest BCUT2D eigenvalue weighted by Gasteiger charge is -2.45. The van der Waals surface area contributed by atoms with Crippen LogP contribution in [0, 0.1) is 17.3 Å². The van der Waals surface area contributed by atoms with Gasteiger partial charge in [0.1, 0.15) is 0 Å². The zero-order valence-corrected chi connectivity index (χ0v) is 9.65. The SMILES string of the molecule is CC1CC2(CC(C)(C)C1C)NC2C. The Kier molecular flexibility index (Phi) is 1.83. The van der Waals surface area contributed by atoms with Gasteiger partial charge >= 0.3 is 0 Å². The first-order valence-electron chi connectivity index (χ1n) is 5.65. The van der Waals surface area contributed by atoms with Crippen LogP contribution in [0.15, 0.2) is 0 Å². The second-order valence-corrected chi connectivity index (χ2v) is 6.16. The second-order valence-electron chi connectivity index (χ2n) is 6.16. The van der Waals surface area contributed by atoms with E-state index in [0.29, 0.717) is 11.0 Å². The van der Waals surface area contributed by atoms with Crippen molar-refractivity contribution in [1.82, 2.24) is 5.32 Å². The van der Waals surface area contributed by atoms with Gasteiger partial charge < -0.3 is 5.32 Å². The van der Waals surface area contributed by atoms with Crippen molar-refractivity contribution >= 4 is 0 Å². The number of hydrogen-bond donors (Lipinski definition) is 1. The van der Waals surface area contributed by atoms with E-state index in [1.165, 1.54) is 12.8 Å². The van der Waals surface area contributed by atoms with Crippen molar-refractivity contribution in [2.24, 2.45) is 17.3 Å². The van der Waals surface area contributed by atoms with Crippen LogP contribution in [0.25, 0.3) is 0 Å². The molecule has 0 amide bonds. The molecule has 1 saturated carbocycles. The van der Waals surface area contributed by atoms with Gasteiger partial charge in [-0.05, 0) is 37.0 Å². The molecule has 76 valence electrons. The van der Waals surface area contributed by atoms with E-state index < -0.39 is 0 Å². The topological polar surface area (TPSA) is 21.9 Å². The maximum Gasteiger partial charge on any atom is 0.0343 e. The number of hydrogen-bond acceptors (Lipinski definition) is 1. The molecule has 1 aliphatic heterocycles. The van der Waals surface area contributed by atoms with Crippen molar-refractivity contribution in [3.05, 3.63) is 0 Å². The number of rotatable bonds is 0. The monoisotopic (exact) mass is 181 g/mol. The lowest BCUT2D eigenvalue weighted by atomic mass is 9.60. The van der Waals surface area contributed by atoms with Crippen molar-refractivity contribution in [2.45, 2.75) is 59.0 Å². The quantitative estimate of drug-likeness (QED) is 0.570. The summed E-state index contributed by atoms with van der Waals surface area (Å²) in [4.78, 5) is 0. The summed E-state index contributed by atoms with van der Waals surface area (Å²) in [6.07, 6.45) is 2.76. The first-order chi connectivity index (χ1) is 5.87. The van der Waals surface area contributed by atoms with Gasteiger partial charge in [-0.1, -0.05) is 27.7 Å². The highest BCUT2D eigenvalue weighted by Crippen LogP contribution is 2.53. The molecule has 0 aromatic heterocycles. The first-order valence-corrected chi connectivity index (χ1v) is 5.65. The van der Waals surface area contributed by atoms with E-state index in [4.69, 9.17) is 0 Å². The van der Waals surface area contributed by atoms with Gasteiger partial charge in [-0.25, -0.2) is 0 Å². The van der Waals surface area contributed by atoms with E-state index in [2.05, 4.69) is 39.9 Å². The van der Waals surface area contributed by atoms with E-state index in [0.717, 1.165) is 17.9 Å². The van der Waals surface area contributed by atoms with Crippen molar-refractivity contribution < 1.29 is 0 Å². The standard InChI is InChI=1S/C12H23N/c1-8-6-12(10(3)13-12)7-11(4,5)9(8)2/h8-10,13H,6-7H2,1-5H3. The lowest BCUT2D eigenvalue weighted by Crippen LogP contribution is -2.42. The minimum Gasteiger partial charge on any atom is -0.305 e. The molecule has 1 saturated heterocycles. The van der Waals surface area contributed by atoms with Gasteiger partial charge in [0, 0.05) is 11.6 Å². The Balaban J connectivity index is 2.17. The van der Waals surface area contributed by atoms with Crippen LogP contribution in [-0.4, -0.2) is 11.6 Å². The molecular weight excluding hydrogens is 158 g/mol. The van der Waals surface area contributed by atoms with Crippen molar-refractivity contribution in [3.63, 3.8) is 0 Å². The summed E-state index contributed by atoms with van der Waals surface area (Å²) >= 11 is 0. The predicted octanol–water partition coefficient (Wildman–Crippen LogP) is 2.81. The predicted molar refractivity (Wildman–Crippen MR) is 56.7 cm³/mol. The van der Waals surface area contributed by atoms with Gasteiger partial charge in [0.15, 0.2) is 0 Å². The summed E-state index contributed by atoms with van der Waals surface area (Å²) in [5, 5.41) is 3.65. The zero-order chi connectivity index (χ0) is 9.85. The Morgan fingerprint density at radius 3 is 2.08 bits per heavy atom. The third-order valence-electron chi connectivity index (χ3n) is 4.79. The van der Waals surface area contributed by atoms with E-state index in [1.54, 1.807) is 0 Å². The molecule has 2 fully saturated rings. The molecular formula is C12H23N. The van der Waals surface area contributed by atoms with Crippen molar-refractivity contribution in [3.8, 4) is 0 Å². The van der Waals surface area contributed by atoms with Gasteiger partial charge in [-0.3, -0.25) is 0 Å². The van der Waals surface area contributed by atoms with Crippen LogP contribution in [0.5, 0.6) is 0 Å². The Morgan fingerprint density at radius 2 is 1.69 bits per heavy atom. The number of nitrogens with one attached hydrogen (secondary N) is 1. The second kappa shape index (κ2) is 2.50. The molecule has 1 heterocycles. The first kappa shape index (κ1) is 9.51. The zero-order valence-electron chi connectivity index (χ0n) is 9.65. The molecule has 2 rings (SSSR count). The Morgan fingerprint density at radius 1 is 1.15 bits per heavy atom. The molecule has 1 spiro atoms. The largest absolute Gasteiger partial charge is 0.305 e. The maximum absolute atomic E-state index is 3.65. The summed E-state index contributed by atoms with van der Waals surface area (Å²) in [6, 6.07) is 0.765. The molecule has 0 radical (unpaired) electrons. The highest BCUT2D eigenvalue weighted by Gasteiger charge is 2.57. The van der Waals surface area contributed by atoms with E-state index in [1.807, 2.05) is 0 Å². The molecule has 0 aromatic rings. The summed E-state index contributed by atoms with van der Waals surface area (Å²) in [5.74, 6) is 1.74. The van der Waals surface area contributed by atoms with Gasteiger partial charge in [0.05, 0.1) is 0 Å². The summed E-state index contributed by atoms with van der Waals surface area (Å²) in [6.45, 7) is 12.0. The summed E-state index contributed by atoms with van der Waals surface area (Å²) < 4.78 is 0. The van der Waals surface area contributed by atoms with E-state index in [9.17, 15) is 0 Å². The summed E-state index contributed by atoms with van der Waals surface area (Å²) in [7, 11) is 0. The van der Waals surface area contributed by atoms with E-state index in [-0.39, 0.29) is 0 Å². The highest BCUT2D eigenvalue weighted by atomic mass is 15.2. The molecule has 1 nitrogen and oxygen atoms in total. The van der Waals surface area contributed by atoms with Crippen LogP contribution < -0.4 is 5.32 Å². The van der Waals surface area contributed by atoms with Crippen LogP contribution in [-0.2, 0) is 0 Å². The molecule has 2 aliphatic rings. The molecule has 4 unspecified atom stereocenters.